The summed E-state index contributed by atoms with van der Waals surface area (Å²) in [5.74, 6) is -2.29. The van der Waals surface area contributed by atoms with Gasteiger partial charge in [-0.3, -0.25) is 0 Å². The molecule has 0 unspecified atom stereocenters. The summed E-state index contributed by atoms with van der Waals surface area (Å²) in [5.41, 5.74) is -2.40. The first-order valence-corrected chi connectivity index (χ1v) is 5.75. The van der Waals surface area contributed by atoms with Gasteiger partial charge in [0.1, 0.15) is 0 Å². The minimum absolute atomic E-state index is 0.0975. The number of piperidine rings is 1. The summed E-state index contributed by atoms with van der Waals surface area (Å²) in [6.07, 6.45) is 2.30. The average molecular weight is 245 g/mol. The van der Waals surface area contributed by atoms with E-state index in [-0.39, 0.29) is 6.42 Å². The van der Waals surface area contributed by atoms with Crippen molar-refractivity contribution >= 4 is 11.9 Å². The smallest absolute Gasteiger partial charge is 0.349 e. The van der Waals surface area contributed by atoms with Crippen molar-refractivity contribution in [3.8, 4) is 0 Å². The molecule has 1 aliphatic rings. The van der Waals surface area contributed by atoms with Crippen molar-refractivity contribution in [2.24, 2.45) is 5.92 Å². The van der Waals surface area contributed by atoms with E-state index in [4.69, 9.17) is 5.11 Å². The standard InChI is InChI=1S/C11H19NO5/c1-17-10(15)11(16,9(13)14)5-2-8-3-6-12-7-4-8/h8,12,16H,2-7H2,1H3,(H,13,14)/t11-/m1/s1. The Hall–Kier alpha value is -1.14. The van der Waals surface area contributed by atoms with E-state index in [0.29, 0.717) is 12.3 Å². The van der Waals surface area contributed by atoms with Gasteiger partial charge in [0, 0.05) is 0 Å². The van der Waals surface area contributed by atoms with E-state index in [1.807, 2.05) is 0 Å². The van der Waals surface area contributed by atoms with Crippen LogP contribution in [-0.2, 0) is 14.3 Å². The Bertz CT molecular complexity index is 288. The Morgan fingerprint density at radius 1 is 1.41 bits per heavy atom. The number of ether oxygens (including phenoxy) is 1. The molecule has 0 aromatic carbocycles. The number of methoxy groups -OCH3 is 1. The fraction of sp³-hybridized carbons (Fsp3) is 0.818. The fourth-order valence-electron chi connectivity index (χ4n) is 2.05. The van der Waals surface area contributed by atoms with Crippen LogP contribution in [0.5, 0.6) is 0 Å². The van der Waals surface area contributed by atoms with Crippen molar-refractivity contribution in [2.75, 3.05) is 20.2 Å². The van der Waals surface area contributed by atoms with E-state index in [1.165, 1.54) is 0 Å². The maximum absolute atomic E-state index is 11.3. The highest BCUT2D eigenvalue weighted by atomic mass is 16.5. The second-order valence-electron chi connectivity index (χ2n) is 4.39. The normalized spacial score (nSPS) is 20.6. The Balaban J connectivity index is 2.54. The lowest BCUT2D eigenvalue weighted by Crippen LogP contribution is -2.47. The van der Waals surface area contributed by atoms with Crippen LogP contribution in [0.1, 0.15) is 25.7 Å². The molecule has 0 bridgehead atoms. The quantitative estimate of drug-likeness (QED) is 0.457. The van der Waals surface area contributed by atoms with Gasteiger partial charge in [0.15, 0.2) is 0 Å². The summed E-state index contributed by atoms with van der Waals surface area (Å²) in [6.45, 7) is 1.79. The molecule has 17 heavy (non-hydrogen) atoms. The molecule has 1 saturated heterocycles. The van der Waals surface area contributed by atoms with E-state index in [2.05, 4.69) is 10.1 Å². The molecule has 6 heteroatoms. The topological polar surface area (TPSA) is 95.9 Å². The van der Waals surface area contributed by atoms with Gasteiger partial charge < -0.3 is 20.3 Å². The third-order valence-corrected chi connectivity index (χ3v) is 3.25. The van der Waals surface area contributed by atoms with Crippen molar-refractivity contribution in [3.63, 3.8) is 0 Å². The number of aliphatic hydroxyl groups is 1. The van der Waals surface area contributed by atoms with Gasteiger partial charge >= 0.3 is 11.9 Å². The van der Waals surface area contributed by atoms with Crippen molar-refractivity contribution in [3.05, 3.63) is 0 Å². The molecule has 0 spiro atoms. The van der Waals surface area contributed by atoms with Gasteiger partial charge in [-0.1, -0.05) is 0 Å². The number of hydrogen-bond acceptors (Lipinski definition) is 5. The maximum atomic E-state index is 11.3. The minimum atomic E-state index is -2.40. The molecule has 1 heterocycles. The minimum Gasteiger partial charge on any atom is -0.479 e. The number of nitrogens with one attached hydrogen (secondary N) is 1. The van der Waals surface area contributed by atoms with Crippen LogP contribution < -0.4 is 5.32 Å². The number of hydrogen-bond donors (Lipinski definition) is 3. The summed E-state index contributed by atoms with van der Waals surface area (Å²) < 4.78 is 4.33. The molecular formula is C11H19NO5. The lowest BCUT2D eigenvalue weighted by molar-refractivity contribution is -0.179. The predicted molar refractivity (Wildman–Crippen MR) is 59.4 cm³/mol. The summed E-state index contributed by atoms with van der Waals surface area (Å²) in [4.78, 5) is 22.2. The number of carboxylic acid groups (broad SMARTS) is 1. The summed E-state index contributed by atoms with van der Waals surface area (Å²) in [7, 11) is 1.07. The van der Waals surface area contributed by atoms with Crippen LogP contribution in [0.25, 0.3) is 0 Å². The van der Waals surface area contributed by atoms with E-state index in [0.717, 1.165) is 33.0 Å². The van der Waals surface area contributed by atoms with Crippen LogP contribution in [0, 0.1) is 5.92 Å². The van der Waals surface area contributed by atoms with Crippen LogP contribution in [0.4, 0.5) is 0 Å². The lowest BCUT2D eigenvalue weighted by atomic mass is 9.87. The molecule has 3 N–H and O–H groups in total. The molecular weight excluding hydrogens is 226 g/mol. The lowest BCUT2D eigenvalue weighted by Gasteiger charge is -2.26. The third kappa shape index (κ3) is 3.41. The highest BCUT2D eigenvalue weighted by molar-refractivity contribution is 6.02. The van der Waals surface area contributed by atoms with E-state index in [1.54, 1.807) is 0 Å². The molecule has 0 aromatic heterocycles. The zero-order valence-electron chi connectivity index (χ0n) is 9.94. The van der Waals surface area contributed by atoms with Gasteiger partial charge in [-0.25, -0.2) is 9.59 Å². The molecule has 1 fully saturated rings. The molecule has 98 valence electrons. The van der Waals surface area contributed by atoms with Crippen molar-refractivity contribution < 1.29 is 24.5 Å². The molecule has 1 atom stereocenters. The Kier molecular flexibility index (Phi) is 4.89. The molecule has 0 saturated carbocycles. The first kappa shape index (κ1) is 13.9. The Labute approximate surface area is 100.0 Å². The molecule has 0 aliphatic carbocycles. The third-order valence-electron chi connectivity index (χ3n) is 3.25. The number of carbonyl (C=O) groups excluding carboxylic acids is 1. The monoisotopic (exact) mass is 245 g/mol. The molecule has 0 aromatic rings. The number of carbonyl (C=O) groups is 2. The average Bonchev–Trinajstić information content (AvgIpc) is 2.35. The first-order chi connectivity index (χ1) is 8.00. The van der Waals surface area contributed by atoms with E-state index < -0.39 is 17.5 Å². The Morgan fingerprint density at radius 2 is 2.00 bits per heavy atom. The second-order valence-corrected chi connectivity index (χ2v) is 4.39. The van der Waals surface area contributed by atoms with Crippen LogP contribution in [0.15, 0.2) is 0 Å². The number of aliphatic carboxylic acids is 1. The van der Waals surface area contributed by atoms with Gasteiger partial charge in [0.25, 0.3) is 5.60 Å². The molecule has 1 aliphatic heterocycles. The van der Waals surface area contributed by atoms with Gasteiger partial charge in [0.2, 0.25) is 0 Å². The zero-order chi connectivity index (χ0) is 12.9. The van der Waals surface area contributed by atoms with Crippen LogP contribution >= 0.6 is 0 Å². The number of rotatable bonds is 5. The summed E-state index contributed by atoms with van der Waals surface area (Å²) in [5, 5.41) is 21.9. The number of esters is 1. The van der Waals surface area contributed by atoms with Crippen molar-refractivity contribution in [1.82, 2.24) is 5.32 Å². The van der Waals surface area contributed by atoms with E-state index in [9.17, 15) is 14.7 Å². The van der Waals surface area contributed by atoms with Gasteiger partial charge in [-0.15, -0.1) is 0 Å². The largest absolute Gasteiger partial charge is 0.479 e. The first-order valence-electron chi connectivity index (χ1n) is 5.75. The summed E-state index contributed by atoms with van der Waals surface area (Å²) in [6, 6.07) is 0. The van der Waals surface area contributed by atoms with Crippen molar-refractivity contribution in [1.29, 1.82) is 0 Å². The maximum Gasteiger partial charge on any atom is 0.349 e. The highest BCUT2D eigenvalue weighted by Gasteiger charge is 2.45. The highest BCUT2D eigenvalue weighted by Crippen LogP contribution is 2.24. The summed E-state index contributed by atoms with van der Waals surface area (Å²) >= 11 is 0. The van der Waals surface area contributed by atoms with E-state index >= 15 is 0 Å². The zero-order valence-corrected chi connectivity index (χ0v) is 9.94. The number of carboxylic acids is 1. The SMILES string of the molecule is COC(=O)[C@@](O)(CCC1CCNCC1)C(=O)O. The predicted octanol–water partition coefficient (Wildman–Crippen LogP) is -0.245. The molecule has 1 rings (SSSR count). The second kappa shape index (κ2) is 5.97. The molecule has 6 nitrogen and oxygen atoms in total. The van der Waals surface area contributed by atoms with Gasteiger partial charge in [-0.2, -0.15) is 0 Å². The van der Waals surface area contributed by atoms with Gasteiger partial charge in [-0.05, 0) is 44.7 Å². The Morgan fingerprint density at radius 3 is 2.47 bits per heavy atom. The fourth-order valence-corrected chi connectivity index (χ4v) is 2.05. The van der Waals surface area contributed by atoms with Crippen molar-refractivity contribution in [2.45, 2.75) is 31.3 Å². The van der Waals surface area contributed by atoms with Crippen LogP contribution in [0.3, 0.4) is 0 Å². The molecule has 0 radical (unpaired) electrons. The van der Waals surface area contributed by atoms with Gasteiger partial charge in [0.05, 0.1) is 7.11 Å². The van der Waals surface area contributed by atoms with Crippen LogP contribution in [-0.4, -0.2) is 48.0 Å². The molecule has 0 amide bonds. The van der Waals surface area contributed by atoms with Crippen LogP contribution in [0.2, 0.25) is 0 Å².